The van der Waals surface area contributed by atoms with Gasteiger partial charge in [0.15, 0.2) is 0 Å². The van der Waals surface area contributed by atoms with Crippen LogP contribution in [-0.4, -0.2) is 37.0 Å². The number of carbonyl (C=O) groups is 1. The minimum atomic E-state index is -4.35. The van der Waals surface area contributed by atoms with Crippen molar-refractivity contribution in [1.82, 2.24) is 4.90 Å². The number of piperazine rings is 1. The third kappa shape index (κ3) is 4.39. The van der Waals surface area contributed by atoms with E-state index >= 15 is 0 Å². The predicted molar refractivity (Wildman–Crippen MR) is 90.1 cm³/mol. The number of amides is 1. The lowest BCUT2D eigenvalue weighted by atomic mass is 10.2. The zero-order chi connectivity index (χ0) is 17.9. The Bertz CT molecular complexity index is 733. The molecule has 0 bridgehead atoms. The van der Waals surface area contributed by atoms with Gasteiger partial charge in [-0.2, -0.15) is 13.2 Å². The van der Waals surface area contributed by atoms with Gasteiger partial charge >= 0.3 is 6.18 Å². The van der Waals surface area contributed by atoms with Crippen molar-refractivity contribution < 1.29 is 22.9 Å². The van der Waals surface area contributed by atoms with Crippen LogP contribution in [0.15, 0.2) is 41.9 Å². The lowest BCUT2D eigenvalue weighted by molar-refractivity contribution is -0.367. The molecule has 2 aromatic heterocycles. The first-order chi connectivity index (χ1) is 11.9. The summed E-state index contributed by atoms with van der Waals surface area (Å²) in [4.78, 5) is 19.6. The molecule has 1 aliphatic rings. The van der Waals surface area contributed by atoms with Gasteiger partial charge in [-0.15, -0.1) is 11.3 Å². The molecule has 2 aromatic rings. The number of thiophene rings is 1. The molecule has 1 saturated heterocycles. The Hall–Kier alpha value is -2.35. The first-order valence-electron chi connectivity index (χ1n) is 7.78. The molecule has 8 heteroatoms. The van der Waals surface area contributed by atoms with Crippen LogP contribution in [0.25, 0.3) is 6.08 Å². The molecule has 1 aliphatic heterocycles. The van der Waals surface area contributed by atoms with Gasteiger partial charge in [-0.3, -0.25) is 9.69 Å². The van der Waals surface area contributed by atoms with E-state index in [-0.39, 0.29) is 5.91 Å². The van der Waals surface area contributed by atoms with E-state index in [2.05, 4.69) is 4.98 Å². The fraction of sp³-hybridized carbons (Fsp3) is 0.294. The third-order valence-corrected chi connectivity index (χ3v) is 4.83. The molecule has 3 heterocycles. The fourth-order valence-corrected chi connectivity index (χ4v) is 3.22. The standard InChI is InChI=1S/C17H16F3N3OS/c18-17(19,20)13-3-5-15(21-12-13)22-7-9-23(10-8-22)16(24)6-4-14-2-1-11-25-14/h1-6,11-12H,7-10H2/p+1/b6-4+. The van der Waals surface area contributed by atoms with Crippen LogP contribution in [0.4, 0.5) is 19.0 Å². The maximum atomic E-state index is 12.6. The van der Waals surface area contributed by atoms with Gasteiger partial charge in [0.25, 0.3) is 5.82 Å². The number of aromatic nitrogens is 1. The maximum Gasteiger partial charge on any atom is 0.419 e. The van der Waals surface area contributed by atoms with Gasteiger partial charge in [-0.1, -0.05) is 6.07 Å². The lowest BCUT2D eigenvalue weighted by Crippen LogP contribution is -2.49. The van der Waals surface area contributed by atoms with Crippen molar-refractivity contribution >= 4 is 29.1 Å². The van der Waals surface area contributed by atoms with Gasteiger partial charge in [0.1, 0.15) is 19.3 Å². The van der Waals surface area contributed by atoms with Crippen molar-refractivity contribution in [3.05, 3.63) is 52.4 Å². The van der Waals surface area contributed by atoms with Gasteiger partial charge in [0.2, 0.25) is 5.91 Å². The highest BCUT2D eigenvalue weighted by Crippen LogP contribution is 2.28. The quantitative estimate of drug-likeness (QED) is 0.782. The summed E-state index contributed by atoms with van der Waals surface area (Å²) < 4.78 is 37.8. The summed E-state index contributed by atoms with van der Waals surface area (Å²) in [5, 5.41) is 1.95. The molecule has 0 unspecified atom stereocenters. The topological polar surface area (TPSA) is 37.7 Å². The highest BCUT2D eigenvalue weighted by Gasteiger charge is 2.32. The van der Waals surface area contributed by atoms with E-state index < -0.39 is 11.7 Å². The van der Waals surface area contributed by atoms with E-state index in [1.54, 1.807) is 28.4 Å². The average Bonchev–Trinajstić information content (AvgIpc) is 3.13. The molecule has 132 valence electrons. The van der Waals surface area contributed by atoms with Crippen LogP contribution in [-0.2, 0) is 11.0 Å². The Morgan fingerprint density at radius 3 is 2.48 bits per heavy atom. The highest BCUT2D eigenvalue weighted by molar-refractivity contribution is 7.10. The molecule has 1 amide bonds. The number of rotatable bonds is 3. The zero-order valence-electron chi connectivity index (χ0n) is 13.3. The smallest absolute Gasteiger partial charge is 0.331 e. The van der Waals surface area contributed by atoms with Crippen molar-refractivity contribution in [3.63, 3.8) is 0 Å². The second-order valence-corrected chi connectivity index (χ2v) is 6.60. The van der Waals surface area contributed by atoms with E-state index in [1.165, 1.54) is 6.07 Å². The number of alkyl halides is 3. The second kappa shape index (κ2) is 7.26. The number of nitrogens with one attached hydrogen (secondary N) is 1. The van der Waals surface area contributed by atoms with Crippen molar-refractivity contribution in [2.24, 2.45) is 0 Å². The normalized spacial score (nSPS) is 15.8. The molecular weight excluding hydrogens is 351 g/mol. The molecule has 1 fully saturated rings. The van der Waals surface area contributed by atoms with E-state index in [0.717, 1.165) is 17.1 Å². The van der Waals surface area contributed by atoms with Gasteiger partial charge in [-0.05, 0) is 23.6 Å². The predicted octanol–water partition coefficient (Wildman–Crippen LogP) is 2.94. The summed E-state index contributed by atoms with van der Waals surface area (Å²) in [7, 11) is 0. The number of carbonyl (C=O) groups excluding carboxylic acids is 1. The van der Waals surface area contributed by atoms with E-state index in [9.17, 15) is 18.0 Å². The molecule has 1 N–H and O–H groups in total. The molecule has 4 nitrogen and oxygen atoms in total. The molecule has 0 aliphatic carbocycles. The number of aromatic amines is 1. The van der Waals surface area contributed by atoms with Gasteiger partial charge in [0, 0.05) is 17.0 Å². The van der Waals surface area contributed by atoms with Crippen LogP contribution < -0.4 is 9.88 Å². The maximum absolute atomic E-state index is 12.6. The Morgan fingerprint density at radius 2 is 1.92 bits per heavy atom. The zero-order valence-corrected chi connectivity index (χ0v) is 14.1. The van der Waals surface area contributed by atoms with Crippen LogP contribution in [0.3, 0.4) is 0 Å². The first kappa shape index (κ1) is 17.5. The summed E-state index contributed by atoms with van der Waals surface area (Å²) in [6.07, 6.45) is -0.0274. The molecule has 25 heavy (non-hydrogen) atoms. The molecule has 0 aromatic carbocycles. The number of H-pyrrole nitrogens is 1. The first-order valence-corrected chi connectivity index (χ1v) is 8.66. The SMILES string of the molecule is O=C(/C=C/c1cccs1)N1CCN(c2ccc(C(F)(F)F)c[nH+]2)CC1. The Kier molecular flexibility index (Phi) is 5.08. The van der Waals surface area contributed by atoms with Crippen molar-refractivity contribution in [2.45, 2.75) is 6.18 Å². The Balaban J connectivity index is 1.55. The summed E-state index contributed by atoms with van der Waals surface area (Å²) in [6.45, 7) is 2.20. The minimum absolute atomic E-state index is 0.0514. The van der Waals surface area contributed by atoms with Gasteiger partial charge in [0.05, 0.1) is 18.7 Å². The number of halogens is 3. The molecule has 3 rings (SSSR count). The molecule has 0 saturated carbocycles. The highest BCUT2D eigenvalue weighted by atomic mass is 32.1. The second-order valence-electron chi connectivity index (χ2n) is 5.62. The molecule has 0 spiro atoms. The molecule has 0 atom stereocenters. The average molecular weight is 368 g/mol. The Labute approximate surface area is 147 Å². The number of anilines is 1. The van der Waals surface area contributed by atoms with E-state index in [4.69, 9.17) is 0 Å². The largest absolute Gasteiger partial charge is 0.419 e. The van der Waals surface area contributed by atoms with Crippen LogP contribution in [0.5, 0.6) is 0 Å². The summed E-state index contributed by atoms with van der Waals surface area (Å²) in [5.74, 6) is 0.568. The number of nitrogens with zero attached hydrogens (tertiary/aromatic N) is 2. The van der Waals surface area contributed by atoms with Gasteiger partial charge < -0.3 is 4.90 Å². The third-order valence-electron chi connectivity index (χ3n) is 3.99. The Morgan fingerprint density at radius 1 is 1.16 bits per heavy atom. The van der Waals surface area contributed by atoms with Crippen LogP contribution in [0.2, 0.25) is 0 Å². The monoisotopic (exact) mass is 368 g/mol. The van der Waals surface area contributed by atoms with Crippen LogP contribution in [0, 0.1) is 0 Å². The van der Waals surface area contributed by atoms with E-state index in [1.807, 2.05) is 22.4 Å². The summed E-state index contributed by atoms with van der Waals surface area (Å²) in [5.41, 5.74) is -0.705. The number of pyridine rings is 1. The minimum Gasteiger partial charge on any atom is -0.331 e. The van der Waals surface area contributed by atoms with Crippen LogP contribution in [0.1, 0.15) is 10.4 Å². The molecular formula is C17H17F3N3OS+. The van der Waals surface area contributed by atoms with Crippen molar-refractivity contribution in [2.75, 3.05) is 31.1 Å². The fourth-order valence-electron chi connectivity index (χ4n) is 2.60. The molecule has 0 radical (unpaired) electrons. The number of hydrogen-bond donors (Lipinski definition) is 0. The van der Waals surface area contributed by atoms with E-state index in [0.29, 0.717) is 32.0 Å². The van der Waals surface area contributed by atoms with Crippen molar-refractivity contribution in [1.29, 1.82) is 0 Å². The van der Waals surface area contributed by atoms with Crippen molar-refractivity contribution in [3.8, 4) is 0 Å². The summed E-state index contributed by atoms with van der Waals surface area (Å²) >= 11 is 1.56. The lowest BCUT2D eigenvalue weighted by Gasteiger charge is -2.30. The van der Waals surface area contributed by atoms with Gasteiger partial charge in [-0.25, -0.2) is 4.98 Å². The number of hydrogen-bond acceptors (Lipinski definition) is 3. The van der Waals surface area contributed by atoms with Crippen LogP contribution >= 0.6 is 11.3 Å². The summed E-state index contributed by atoms with van der Waals surface area (Å²) in [6, 6.07) is 6.35.